The van der Waals surface area contributed by atoms with Crippen LogP contribution in [0.4, 0.5) is 0 Å². The van der Waals surface area contributed by atoms with E-state index in [1.54, 1.807) is 0 Å². The third kappa shape index (κ3) is 7.52. The number of hydrogen-bond acceptors (Lipinski definition) is 2. The first kappa shape index (κ1) is 13.5. The average molecular weight is 288 g/mol. The second kappa shape index (κ2) is 6.04. The molecule has 78 valence electrons. The molecule has 0 bridgehead atoms. The van der Waals surface area contributed by atoms with Crippen LogP contribution in [0.2, 0.25) is 19.1 Å². The molecule has 0 aliphatic carbocycles. The van der Waals surface area contributed by atoms with Gasteiger partial charge in [-0.15, -0.1) is 0 Å². The maximum Gasteiger partial charge on any atom is 0.319 e. The smallest absolute Gasteiger partial charge is 0.319 e. The summed E-state index contributed by atoms with van der Waals surface area (Å²) in [7, 11) is -1.70. The zero-order chi connectivity index (χ0) is 10.5. The van der Waals surface area contributed by atoms with Crippen molar-refractivity contribution in [2.45, 2.75) is 37.3 Å². The SMILES string of the molecule is CCCOC(=O)C(Br)C[Si](C)(C)Cl. The van der Waals surface area contributed by atoms with Crippen LogP contribution in [-0.4, -0.2) is 24.8 Å². The largest absolute Gasteiger partial charge is 0.465 e. The van der Waals surface area contributed by atoms with Gasteiger partial charge in [-0.25, -0.2) is 0 Å². The van der Waals surface area contributed by atoms with Crippen molar-refractivity contribution in [1.82, 2.24) is 0 Å². The van der Waals surface area contributed by atoms with Crippen molar-refractivity contribution >= 4 is 40.4 Å². The Kier molecular flexibility index (Phi) is 6.25. The van der Waals surface area contributed by atoms with E-state index in [9.17, 15) is 4.79 Å². The van der Waals surface area contributed by atoms with E-state index in [1.165, 1.54) is 0 Å². The predicted octanol–water partition coefficient (Wildman–Crippen LogP) is 3.15. The van der Waals surface area contributed by atoms with Crippen LogP contribution in [0.25, 0.3) is 0 Å². The van der Waals surface area contributed by atoms with Gasteiger partial charge in [-0.3, -0.25) is 4.79 Å². The Balaban J connectivity index is 3.83. The number of halogens is 2. The fourth-order valence-electron chi connectivity index (χ4n) is 0.803. The van der Waals surface area contributed by atoms with Crippen LogP contribution in [0.15, 0.2) is 0 Å². The molecule has 0 aromatic rings. The van der Waals surface area contributed by atoms with Gasteiger partial charge in [0.2, 0.25) is 0 Å². The first-order chi connectivity index (χ1) is 5.87. The van der Waals surface area contributed by atoms with Crippen LogP contribution in [-0.2, 0) is 9.53 Å². The topological polar surface area (TPSA) is 26.3 Å². The van der Waals surface area contributed by atoms with Gasteiger partial charge in [-0.05, 0) is 12.5 Å². The lowest BCUT2D eigenvalue weighted by Crippen LogP contribution is -2.27. The molecule has 0 N–H and O–H groups in total. The maximum atomic E-state index is 11.3. The summed E-state index contributed by atoms with van der Waals surface area (Å²) in [5.41, 5.74) is 0. The number of alkyl halides is 1. The summed E-state index contributed by atoms with van der Waals surface area (Å²) >= 11 is 9.39. The highest BCUT2D eigenvalue weighted by molar-refractivity contribution is 9.10. The van der Waals surface area contributed by atoms with Crippen LogP contribution >= 0.6 is 27.0 Å². The van der Waals surface area contributed by atoms with E-state index in [1.807, 2.05) is 20.0 Å². The molecule has 0 aromatic heterocycles. The summed E-state index contributed by atoms with van der Waals surface area (Å²) < 4.78 is 4.98. The second-order valence-electron chi connectivity index (χ2n) is 3.56. The molecule has 0 fully saturated rings. The number of hydrogen-bond donors (Lipinski definition) is 0. The van der Waals surface area contributed by atoms with Gasteiger partial charge in [-0.1, -0.05) is 35.9 Å². The van der Waals surface area contributed by atoms with Crippen molar-refractivity contribution in [2.75, 3.05) is 6.61 Å². The molecular weight excluding hydrogens is 272 g/mol. The number of esters is 1. The standard InChI is InChI=1S/C8H16BrClO2Si/c1-4-5-12-8(11)7(9)6-13(2,3)10/h7H,4-6H2,1-3H3. The molecule has 0 saturated carbocycles. The first-order valence-electron chi connectivity index (χ1n) is 4.36. The average Bonchev–Trinajstić information content (AvgIpc) is 1.96. The summed E-state index contributed by atoms with van der Waals surface area (Å²) in [4.78, 5) is 11.0. The van der Waals surface area contributed by atoms with Gasteiger partial charge in [0.25, 0.3) is 0 Å². The van der Waals surface area contributed by atoms with Gasteiger partial charge >= 0.3 is 5.97 Å². The van der Waals surface area contributed by atoms with E-state index in [2.05, 4.69) is 15.9 Å². The molecule has 0 aromatic carbocycles. The summed E-state index contributed by atoms with van der Waals surface area (Å²) in [5, 5.41) is 0. The van der Waals surface area contributed by atoms with Crippen molar-refractivity contribution in [2.24, 2.45) is 0 Å². The molecule has 0 aliphatic rings. The van der Waals surface area contributed by atoms with E-state index >= 15 is 0 Å². The lowest BCUT2D eigenvalue weighted by atomic mass is 10.5. The predicted molar refractivity (Wildman–Crippen MR) is 62.1 cm³/mol. The van der Waals surface area contributed by atoms with Gasteiger partial charge < -0.3 is 4.74 Å². The van der Waals surface area contributed by atoms with Gasteiger partial charge in [-0.2, -0.15) is 11.1 Å². The highest BCUT2D eigenvalue weighted by Gasteiger charge is 2.26. The zero-order valence-corrected chi connectivity index (χ0v) is 11.6. The number of carbonyl (C=O) groups excluding carboxylic acids is 1. The minimum absolute atomic E-state index is 0.192. The summed E-state index contributed by atoms with van der Waals surface area (Å²) in [5.74, 6) is -0.192. The van der Waals surface area contributed by atoms with E-state index in [0.29, 0.717) is 12.7 Å². The van der Waals surface area contributed by atoms with Crippen LogP contribution < -0.4 is 0 Å². The molecule has 1 unspecified atom stereocenters. The highest BCUT2D eigenvalue weighted by atomic mass is 79.9. The zero-order valence-electron chi connectivity index (χ0n) is 8.27. The molecular formula is C8H16BrClO2Si. The third-order valence-electron chi connectivity index (χ3n) is 1.37. The molecule has 0 heterocycles. The summed E-state index contributed by atoms with van der Waals surface area (Å²) in [6.45, 7) is 6.48. The minimum Gasteiger partial charge on any atom is -0.465 e. The molecule has 0 aliphatic heterocycles. The molecule has 0 radical (unpaired) electrons. The van der Waals surface area contributed by atoms with E-state index in [4.69, 9.17) is 15.8 Å². The van der Waals surface area contributed by atoms with Crippen LogP contribution in [0.3, 0.4) is 0 Å². The van der Waals surface area contributed by atoms with E-state index in [-0.39, 0.29) is 10.8 Å². The second-order valence-corrected chi connectivity index (χ2v) is 11.6. The number of ether oxygens (including phenoxy) is 1. The monoisotopic (exact) mass is 286 g/mol. The molecule has 13 heavy (non-hydrogen) atoms. The Bertz CT molecular complexity index is 170. The Morgan fingerprint density at radius 2 is 2.15 bits per heavy atom. The van der Waals surface area contributed by atoms with E-state index in [0.717, 1.165) is 6.42 Å². The number of rotatable bonds is 5. The summed E-state index contributed by atoms with van der Waals surface area (Å²) in [6.07, 6.45) is 0.854. The Morgan fingerprint density at radius 3 is 2.54 bits per heavy atom. The van der Waals surface area contributed by atoms with Crippen LogP contribution in [0.5, 0.6) is 0 Å². The van der Waals surface area contributed by atoms with Crippen molar-refractivity contribution in [3.05, 3.63) is 0 Å². The lowest BCUT2D eigenvalue weighted by molar-refractivity contribution is -0.142. The Hall–Kier alpha value is 0.457. The van der Waals surface area contributed by atoms with E-state index < -0.39 is 7.38 Å². The normalized spacial score (nSPS) is 13.9. The number of carbonyl (C=O) groups is 1. The quantitative estimate of drug-likeness (QED) is 0.336. The minimum atomic E-state index is -1.70. The van der Waals surface area contributed by atoms with Crippen molar-refractivity contribution < 1.29 is 9.53 Å². The third-order valence-corrected chi connectivity index (χ3v) is 4.51. The Morgan fingerprint density at radius 1 is 1.62 bits per heavy atom. The molecule has 0 rings (SSSR count). The van der Waals surface area contributed by atoms with Crippen LogP contribution in [0.1, 0.15) is 13.3 Å². The maximum absolute atomic E-state index is 11.3. The lowest BCUT2D eigenvalue weighted by Gasteiger charge is -2.16. The van der Waals surface area contributed by atoms with Gasteiger partial charge in [0.05, 0.1) is 6.61 Å². The fourth-order valence-corrected chi connectivity index (χ4v) is 5.40. The van der Waals surface area contributed by atoms with Gasteiger partial charge in [0, 0.05) is 0 Å². The van der Waals surface area contributed by atoms with Gasteiger partial charge in [0.1, 0.15) is 4.83 Å². The van der Waals surface area contributed by atoms with Gasteiger partial charge in [0.15, 0.2) is 7.38 Å². The molecule has 2 nitrogen and oxygen atoms in total. The highest BCUT2D eigenvalue weighted by Crippen LogP contribution is 2.22. The first-order valence-corrected chi connectivity index (χ1v) is 9.50. The molecule has 1 atom stereocenters. The van der Waals surface area contributed by atoms with Crippen LogP contribution in [0, 0.1) is 0 Å². The Labute approximate surface area is 93.8 Å². The molecule has 0 spiro atoms. The molecule has 0 amide bonds. The van der Waals surface area contributed by atoms with Crippen molar-refractivity contribution in [1.29, 1.82) is 0 Å². The molecule has 0 saturated heterocycles. The molecule has 5 heteroatoms. The summed E-state index contributed by atoms with van der Waals surface area (Å²) in [6, 6.07) is 0.705. The van der Waals surface area contributed by atoms with Crippen molar-refractivity contribution in [3.8, 4) is 0 Å². The fraction of sp³-hybridized carbons (Fsp3) is 0.875. The van der Waals surface area contributed by atoms with Crippen molar-refractivity contribution in [3.63, 3.8) is 0 Å².